The van der Waals surface area contributed by atoms with Crippen LogP contribution < -0.4 is 10.6 Å². The van der Waals surface area contributed by atoms with Gasteiger partial charge in [0.1, 0.15) is 5.82 Å². The third-order valence-corrected chi connectivity index (χ3v) is 5.00. The highest BCUT2D eigenvalue weighted by atomic mass is 127. The van der Waals surface area contributed by atoms with Crippen LogP contribution in [-0.4, -0.2) is 71.5 Å². The zero-order valence-corrected chi connectivity index (χ0v) is 19.6. The Bertz CT molecular complexity index is 740. The lowest BCUT2D eigenvalue weighted by Gasteiger charge is -2.26. The molecule has 0 aromatic heterocycles. The van der Waals surface area contributed by atoms with E-state index in [1.807, 2.05) is 6.92 Å². The molecule has 0 spiro atoms. The number of nitrogens with one attached hydrogen (secondary N) is 2. The maximum absolute atomic E-state index is 13.6. The third-order valence-electron chi connectivity index (χ3n) is 4.16. The SMILES string of the molecule is CCNC(=NCc1cc(F)ccc1CS(C)(=O)=O)NCCN1CCOCC1.I. The fourth-order valence-corrected chi connectivity index (χ4v) is 3.67. The van der Waals surface area contributed by atoms with Crippen LogP contribution in [0.5, 0.6) is 0 Å². The van der Waals surface area contributed by atoms with Gasteiger partial charge in [-0.2, -0.15) is 0 Å². The molecule has 1 saturated heterocycles. The van der Waals surface area contributed by atoms with E-state index in [1.165, 1.54) is 24.5 Å². The number of hydrogen-bond acceptors (Lipinski definition) is 5. The largest absolute Gasteiger partial charge is 0.379 e. The summed E-state index contributed by atoms with van der Waals surface area (Å²) in [6.07, 6.45) is 1.17. The van der Waals surface area contributed by atoms with Crippen LogP contribution in [0.4, 0.5) is 4.39 Å². The van der Waals surface area contributed by atoms with E-state index in [4.69, 9.17) is 4.74 Å². The van der Waals surface area contributed by atoms with Gasteiger partial charge in [-0.05, 0) is 30.2 Å². The molecule has 0 aliphatic carbocycles. The Labute approximate surface area is 184 Å². The third kappa shape index (κ3) is 9.48. The molecule has 0 saturated carbocycles. The molecule has 7 nitrogen and oxygen atoms in total. The van der Waals surface area contributed by atoms with Gasteiger partial charge in [-0.1, -0.05) is 6.07 Å². The molecule has 0 radical (unpaired) electrons. The van der Waals surface area contributed by atoms with Gasteiger partial charge in [0, 0.05) is 39.0 Å². The Kier molecular flexibility index (Phi) is 11.2. The van der Waals surface area contributed by atoms with Gasteiger partial charge in [-0.3, -0.25) is 4.90 Å². The minimum atomic E-state index is -3.21. The minimum absolute atomic E-state index is 0. The van der Waals surface area contributed by atoms with Crippen molar-refractivity contribution in [1.29, 1.82) is 0 Å². The summed E-state index contributed by atoms with van der Waals surface area (Å²) in [5.74, 6) is 0.0992. The molecular weight excluding hydrogens is 498 g/mol. The van der Waals surface area contributed by atoms with Crippen LogP contribution in [0.1, 0.15) is 18.1 Å². The van der Waals surface area contributed by atoms with E-state index in [0.717, 1.165) is 39.4 Å². The van der Waals surface area contributed by atoms with Crippen molar-refractivity contribution in [2.75, 3.05) is 52.2 Å². The highest BCUT2D eigenvalue weighted by Crippen LogP contribution is 2.15. The Morgan fingerprint density at radius 2 is 1.96 bits per heavy atom. The highest BCUT2D eigenvalue weighted by Gasteiger charge is 2.12. The number of sulfone groups is 1. The van der Waals surface area contributed by atoms with E-state index in [2.05, 4.69) is 20.5 Å². The smallest absolute Gasteiger partial charge is 0.191 e. The molecule has 1 aliphatic heterocycles. The molecule has 160 valence electrons. The lowest BCUT2D eigenvalue weighted by atomic mass is 10.1. The van der Waals surface area contributed by atoms with E-state index in [9.17, 15) is 12.8 Å². The molecule has 28 heavy (non-hydrogen) atoms. The summed E-state index contributed by atoms with van der Waals surface area (Å²) in [6, 6.07) is 4.14. The zero-order valence-electron chi connectivity index (χ0n) is 16.4. The van der Waals surface area contributed by atoms with Crippen LogP contribution in [0, 0.1) is 5.82 Å². The first kappa shape index (κ1) is 25.1. The molecule has 0 atom stereocenters. The predicted octanol–water partition coefficient (Wildman–Crippen LogP) is 1.38. The second kappa shape index (κ2) is 12.6. The minimum Gasteiger partial charge on any atom is -0.379 e. The van der Waals surface area contributed by atoms with Crippen molar-refractivity contribution < 1.29 is 17.5 Å². The molecule has 2 N–H and O–H groups in total. The molecule has 1 fully saturated rings. The van der Waals surface area contributed by atoms with Gasteiger partial charge in [0.2, 0.25) is 0 Å². The van der Waals surface area contributed by atoms with Crippen molar-refractivity contribution in [3.63, 3.8) is 0 Å². The first-order valence-electron chi connectivity index (χ1n) is 9.14. The van der Waals surface area contributed by atoms with E-state index in [1.54, 1.807) is 0 Å². The lowest BCUT2D eigenvalue weighted by Crippen LogP contribution is -2.44. The number of ether oxygens (including phenoxy) is 1. The quantitative estimate of drug-likeness (QED) is 0.302. The number of rotatable bonds is 8. The van der Waals surface area contributed by atoms with E-state index < -0.39 is 15.7 Å². The molecule has 1 aliphatic rings. The summed E-state index contributed by atoms with van der Waals surface area (Å²) in [4.78, 5) is 6.80. The van der Waals surface area contributed by atoms with Gasteiger partial charge in [-0.15, -0.1) is 24.0 Å². The Balaban J connectivity index is 0.00000392. The predicted molar refractivity (Wildman–Crippen MR) is 120 cm³/mol. The van der Waals surface area contributed by atoms with E-state index in [-0.39, 0.29) is 36.3 Å². The summed E-state index contributed by atoms with van der Waals surface area (Å²) >= 11 is 0. The monoisotopic (exact) mass is 528 g/mol. The van der Waals surface area contributed by atoms with Crippen molar-refractivity contribution in [3.05, 3.63) is 35.1 Å². The summed E-state index contributed by atoms with van der Waals surface area (Å²) in [7, 11) is -3.21. The molecule has 1 heterocycles. The average Bonchev–Trinajstić information content (AvgIpc) is 2.61. The topological polar surface area (TPSA) is 83.0 Å². The first-order valence-corrected chi connectivity index (χ1v) is 11.2. The van der Waals surface area contributed by atoms with Gasteiger partial charge >= 0.3 is 0 Å². The van der Waals surface area contributed by atoms with E-state index >= 15 is 0 Å². The van der Waals surface area contributed by atoms with Gasteiger partial charge < -0.3 is 15.4 Å². The molecule has 10 heteroatoms. The van der Waals surface area contributed by atoms with Gasteiger partial charge in [0.25, 0.3) is 0 Å². The number of aliphatic imine (C=N–C) groups is 1. The molecule has 2 rings (SSSR count). The number of morpholine rings is 1. The number of hydrogen-bond donors (Lipinski definition) is 2. The van der Waals surface area contributed by atoms with Crippen molar-refractivity contribution in [2.24, 2.45) is 4.99 Å². The van der Waals surface area contributed by atoms with Crippen molar-refractivity contribution in [2.45, 2.75) is 19.2 Å². The van der Waals surface area contributed by atoms with Crippen LogP contribution in [-0.2, 0) is 26.9 Å². The molecule has 0 unspecified atom stereocenters. The summed E-state index contributed by atoms with van der Waals surface area (Å²) in [5, 5.41) is 6.42. The van der Waals surface area contributed by atoms with Crippen LogP contribution in [0.15, 0.2) is 23.2 Å². The van der Waals surface area contributed by atoms with Crippen molar-refractivity contribution in [3.8, 4) is 0 Å². The second-order valence-electron chi connectivity index (χ2n) is 6.56. The van der Waals surface area contributed by atoms with Gasteiger partial charge in [-0.25, -0.2) is 17.8 Å². The number of nitrogens with zero attached hydrogens (tertiary/aromatic N) is 2. The maximum Gasteiger partial charge on any atom is 0.191 e. The molecule has 0 amide bonds. The molecule has 0 bridgehead atoms. The lowest BCUT2D eigenvalue weighted by molar-refractivity contribution is 0.0389. The standard InChI is InChI=1S/C18H29FN4O3S.HI/c1-3-20-18(21-6-7-23-8-10-26-11-9-23)22-13-16-12-17(19)5-4-15(16)14-27(2,24)25;/h4-5,12H,3,6-11,13-14H2,1-2H3,(H2,20,21,22);1H. The van der Waals surface area contributed by atoms with Crippen molar-refractivity contribution >= 4 is 39.8 Å². The van der Waals surface area contributed by atoms with Crippen LogP contribution >= 0.6 is 24.0 Å². The summed E-state index contributed by atoms with van der Waals surface area (Å²) < 4.78 is 42.2. The average molecular weight is 528 g/mol. The number of guanidine groups is 1. The fraction of sp³-hybridized carbons (Fsp3) is 0.611. The Hall–Kier alpha value is -0.980. The second-order valence-corrected chi connectivity index (χ2v) is 8.70. The summed E-state index contributed by atoms with van der Waals surface area (Å²) in [6.45, 7) is 7.85. The fourth-order valence-electron chi connectivity index (χ4n) is 2.83. The van der Waals surface area contributed by atoms with Crippen LogP contribution in [0.3, 0.4) is 0 Å². The van der Waals surface area contributed by atoms with Gasteiger partial charge in [0.05, 0.1) is 25.5 Å². The number of benzene rings is 1. The normalized spacial score (nSPS) is 15.8. The molecular formula is C18H30FIN4O3S. The Morgan fingerprint density at radius 1 is 1.25 bits per heavy atom. The number of halogens is 2. The zero-order chi connectivity index (χ0) is 19.7. The van der Waals surface area contributed by atoms with E-state index in [0.29, 0.717) is 23.6 Å². The molecule has 1 aromatic carbocycles. The van der Waals surface area contributed by atoms with Crippen LogP contribution in [0.25, 0.3) is 0 Å². The molecule has 1 aromatic rings. The highest BCUT2D eigenvalue weighted by molar-refractivity contribution is 14.0. The summed E-state index contributed by atoms with van der Waals surface area (Å²) in [5.41, 5.74) is 1.15. The first-order chi connectivity index (χ1) is 12.9. The Morgan fingerprint density at radius 3 is 2.61 bits per heavy atom. The maximum atomic E-state index is 13.6. The van der Waals surface area contributed by atoms with Crippen molar-refractivity contribution in [1.82, 2.24) is 15.5 Å². The van der Waals surface area contributed by atoms with Crippen LogP contribution in [0.2, 0.25) is 0 Å². The van der Waals surface area contributed by atoms with Gasteiger partial charge in [0.15, 0.2) is 15.8 Å².